The number of hydrogen-bond acceptors (Lipinski definition) is 3. The number of benzene rings is 2. The minimum absolute atomic E-state index is 0.109. The van der Waals surface area contributed by atoms with E-state index in [0.29, 0.717) is 10.7 Å². The highest BCUT2D eigenvalue weighted by atomic mass is 32.1. The van der Waals surface area contributed by atoms with Gasteiger partial charge in [-0.25, -0.2) is 0 Å². The van der Waals surface area contributed by atoms with E-state index in [9.17, 15) is 10.1 Å². The predicted molar refractivity (Wildman–Crippen MR) is 91.8 cm³/mol. The number of nitrogens with one attached hydrogen (secondary N) is 2. The van der Waals surface area contributed by atoms with Crippen LogP contribution in [0.1, 0.15) is 22.7 Å². The summed E-state index contributed by atoms with van der Waals surface area (Å²) in [4.78, 5) is 11.0. The Kier molecular flexibility index (Phi) is 3.12. The van der Waals surface area contributed by atoms with Crippen molar-refractivity contribution in [3.8, 4) is 0 Å². The average Bonchev–Trinajstić information content (AvgIpc) is 2.93. The summed E-state index contributed by atoms with van der Waals surface area (Å²) in [5, 5.41) is 18.3. The summed E-state index contributed by atoms with van der Waals surface area (Å²) in [5.41, 5.74) is 5.15. The molecule has 2 N–H and O–H groups in total. The van der Waals surface area contributed by atoms with E-state index in [1.165, 1.54) is 11.6 Å². The van der Waals surface area contributed by atoms with Gasteiger partial charge in [0.2, 0.25) is 0 Å². The molecular weight excluding hydrogens is 310 g/mol. The monoisotopic (exact) mass is 323 g/mol. The second-order valence-corrected chi connectivity index (χ2v) is 5.99. The first-order valence-corrected chi connectivity index (χ1v) is 7.68. The van der Waals surface area contributed by atoms with E-state index < -0.39 is 0 Å². The van der Waals surface area contributed by atoms with E-state index in [-0.39, 0.29) is 16.7 Å². The van der Waals surface area contributed by atoms with Crippen molar-refractivity contribution in [2.24, 2.45) is 0 Å². The Balaban J connectivity index is 1.87. The molecule has 0 bridgehead atoms. The van der Waals surface area contributed by atoms with Gasteiger partial charge in [0, 0.05) is 17.3 Å². The molecule has 4 rings (SSSR count). The van der Waals surface area contributed by atoms with E-state index in [1.54, 1.807) is 12.1 Å². The first kappa shape index (κ1) is 13.9. The molecule has 2 aliphatic rings. The first-order valence-electron chi connectivity index (χ1n) is 7.27. The number of para-hydroxylation sites is 1. The van der Waals surface area contributed by atoms with Crippen molar-refractivity contribution in [1.29, 1.82) is 0 Å². The lowest BCUT2D eigenvalue weighted by Gasteiger charge is -2.29. The molecule has 1 aliphatic carbocycles. The molecule has 23 heavy (non-hydrogen) atoms. The maximum atomic E-state index is 11.4. The molecule has 0 amide bonds. The van der Waals surface area contributed by atoms with Gasteiger partial charge in [0.1, 0.15) is 0 Å². The number of nitrogens with zero attached hydrogens (tertiary/aromatic N) is 1. The van der Waals surface area contributed by atoms with Crippen molar-refractivity contribution in [2.75, 3.05) is 0 Å². The number of nitro groups is 1. The summed E-state index contributed by atoms with van der Waals surface area (Å²) in [6.45, 7) is 0. The Morgan fingerprint density at radius 1 is 1.13 bits per heavy atom. The van der Waals surface area contributed by atoms with Gasteiger partial charge >= 0.3 is 0 Å². The lowest BCUT2D eigenvalue weighted by Crippen LogP contribution is -2.42. The zero-order valence-corrected chi connectivity index (χ0v) is 12.9. The van der Waals surface area contributed by atoms with E-state index in [1.807, 2.05) is 18.2 Å². The molecule has 5 nitrogen and oxygen atoms in total. The third-order valence-electron chi connectivity index (χ3n) is 4.30. The summed E-state index contributed by atoms with van der Waals surface area (Å²) in [5.74, 6) is 0. The highest BCUT2D eigenvalue weighted by Gasteiger charge is 2.35. The van der Waals surface area contributed by atoms with Crippen LogP contribution in [-0.4, -0.2) is 10.0 Å². The molecular formula is C17H13N3O2S. The molecule has 0 radical (unpaired) electrons. The van der Waals surface area contributed by atoms with Crippen LogP contribution in [-0.2, 0) is 6.42 Å². The first-order chi connectivity index (χ1) is 11.1. The lowest BCUT2D eigenvalue weighted by molar-refractivity contribution is -0.385. The third-order valence-corrected chi connectivity index (χ3v) is 4.52. The number of fused-ring (bicyclic) bond motifs is 2. The number of nitro benzene ring substituents is 1. The molecule has 114 valence electrons. The summed E-state index contributed by atoms with van der Waals surface area (Å²) >= 11 is 5.32. The summed E-state index contributed by atoms with van der Waals surface area (Å²) < 4.78 is 0. The van der Waals surface area contributed by atoms with Gasteiger partial charge in [-0.1, -0.05) is 36.4 Å². The standard InChI is InChI=1S/C17H13N3O2S/c21-20(22)14-8-4-3-7-12(14)16-13-9-10-5-1-2-6-11(10)15(13)18-17(23)19-16/h1-8,16H,9H2,(H2,18,19,23). The summed E-state index contributed by atoms with van der Waals surface area (Å²) in [7, 11) is 0. The van der Waals surface area contributed by atoms with Gasteiger partial charge < -0.3 is 10.6 Å². The largest absolute Gasteiger partial charge is 0.351 e. The molecule has 1 heterocycles. The fourth-order valence-corrected chi connectivity index (χ4v) is 3.53. The Morgan fingerprint density at radius 2 is 1.87 bits per heavy atom. The fraction of sp³-hybridized carbons (Fsp3) is 0.118. The quantitative estimate of drug-likeness (QED) is 0.505. The van der Waals surface area contributed by atoms with Crippen LogP contribution in [0.3, 0.4) is 0 Å². The molecule has 0 spiro atoms. The van der Waals surface area contributed by atoms with E-state index in [2.05, 4.69) is 22.8 Å². The number of thiocarbonyl (C=S) groups is 1. The van der Waals surface area contributed by atoms with Gasteiger partial charge in [0.15, 0.2) is 5.11 Å². The molecule has 1 unspecified atom stereocenters. The van der Waals surface area contributed by atoms with Gasteiger partial charge in [0.05, 0.1) is 16.5 Å². The third kappa shape index (κ3) is 2.19. The van der Waals surface area contributed by atoms with Crippen LogP contribution in [0.15, 0.2) is 54.1 Å². The van der Waals surface area contributed by atoms with Crippen molar-refractivity contribution in [2.45, 2.75) is 12.5 Å². The topological polar surface area (TPSA) is 67.2 Å². The van der Waals surface area contributed by atoms with Gasteiger partial charge in [-0.2, -0.15) is 0 Å². The smallest absolute Gasteiger partial charge is 0.275 e. The van der Waals surface area contributed by atoms with E-state index in [0.717, 1.165) is 23.3 Å². The van der Waals surface area contributed by atoms with E-state index in [4.69, 9.17) is 12.2 Å². The Labute approximate surface area is 138 Å². The van der Waals surface area contributed by atoms with Crippen LogP contribution in [0.5, 0.6) is 0 Å². The van der Waals surface area contributed by atoms with Gasteiger partial charge in [-0.05, 0) is 35.8 Å². The van der Waals surface area contributed by atoms with Crippen molar-refractivity contribution in [3.05, 3.63) is 80.9 Å². The van der Waals surface area contributed by atoms with Crippen LogP contribution >= 0.6 is 12.2 Å². The molecule has 6 heteroatoms. The minimum atomic E-state index is -0.343. The molecule has 2 aromatic rings. The molecule has 0 fully saturated rings. The summed E-state index contributed by atoms with van der Waals surface area (Å²) in [6, 6.07) is 14.7. The molecule has 2 aromatic carbocycles. The number of hydrogen-bond donors (Lipinski definition) is 2. The van der Waals surface area contributed by atoms with Crippen molar-refractivity contribution >= 4 is 28.7 Å². The molecule has 0 saturated heterocycles. The van der Waals surface area contributed by atoms with E-state index >= 15 is 0 Å². The van der Waals surface area contributed by atoms with Gasteiger partial charge in [-0.3, -0.25) is 10.1 Å². The van der Waals surface area contributed by atoms with Crippen molar-refractivity contribution < 1.29 is 4.92 Å². The molecule has 0 aromatic heterocycles. The molecule has 0 saturated carbocycles. The average molecular weight is 323 g/mol. The Bertz CT molecular complexity index is 876. The maximum Gasteiger partial charge on any atom is 0.275 e. The Morgan fingerprint density at radius 3 is 2.70 bits per heavy atom. The van der Waals surface area contributed by atoms with Crippen LogP contribution < -0.4 is 10.6 Å². The normalized spacial score (nSPS) is 18.8. The zero-order valence-electron chi connectivity index (χ0n) is 12.1. The highest BCUT2D eigenvalue weighted by Crippen LogP contribution is 2.41. The second kappa shape index (κ2) is 5.17. The maximum absolute atomic E-state index is 11.4. The SMILES string of the molecule is O=[N+]([O-])c1ccccc1C1NC(=S)NC2=C1Cc1ccccc12. The minimum Gasteiger partial charge on any atom is -0.351 e. The van der Waals surface area contributed by atoms with Crippen molar-refractivity contribution in [1.82, 2.24) is 10.6 Å². The predicted octanol–water partition coefficient (Wildman–Crippen LogP) is 3.08. The van der Waals surface area contributed by atoms with Crippen LogP contribution in [0.4, 0.5) is 5.69 Å². The summed E-state index contributed by atoms with van der Waals surface area (Å²) in [6.07, 6.45) is 0.755. The van der Waals surface area contributed by atoms with Crippen LogP contribution in [0.25, 0.3) is 5.70 Å². The Hall–Kier alpha value is -2.73. The van der Waals surface area contributed by atoms with Crippen molar-refractivity contribution in [3.63, 3.8) is 0 Å². The van der Waals surface area contributed by atoms with Gasteiger partial charge in [0.25, 0.3) is 5.69 Å². The van der Waals surface area contributed by atoms with Gasteiger partial charge in [-0.15, -0.1) is 0 Å². The molecule has 1 aliphatic heterocycles. The highest BCUT2D eigenvalue weighted by molar-refractivity contribution is 7.80. The second-order valence-electron chi connectivity index (χ2n) is 5.58. The molecule has 1 atom stereocenters. The fourth-order valence-electron chi connectivity index (χ4n) is 3.31. The zero-order chi connectivity index (χ0) is 16.0. The van der Waals surface area contributed by atoms with Crippen LogP contribution in [0.2, 0.25) is 0 Å². The lowest BCUT2D eigenvalue weighted by atomic mass is 9.94. The number of rotatable bonds is 2. The van der Waals surface area contributed by atoms with Crippen LogP contribution in [0, 0.1) is 10.1 Å².